The Hall–Kier alpha value is -2.99. The number of nitrogens with zero attached hydrogens (tertiary/aromatic N) is 1. The Kier molecular flexibility index (Phi) is 7.00. The van der Waals surface area contributed by atoms with E-state index < -0.39 is 0 Å². The highest BCUT2D eigenvalue weighted by Crippen LogP contribution is 2.41. The highest BCUT2D eigenvalue weighted by atomic mass is 32.2. The van der Waals surface area contributed by atoms with Gasteiger partial charge in [0, 0.05) is 23.6 Å². The summed E-state index contributed by atoms with van der Waals surface area (Å²) >= 11 is 1.56. The first-order valence-electron chi connectivity index (χ1n) is 10.6. The molecular weight excluding hydrogens is 425 g/mol. The van der Waals surface area contributed by atoms with Crippen molar-refractivity contribution in [3.05, 3.63) is 89.2 Å². The van der Waals surface area contributed by atoms with Crippen LogP contribution in [0.15, 0.2) is 71.6 Å². The molecule has 1 atom stereocenters. The van der Waals surface area contributed by atoms with Gasteiger partial charge in [-0.2, -0.15) is 0 Å². The lowest BCUT2D eigenvalue weighted by atomic mass is 9.87. The quantitative estimate of drug-likeness (QED) is 0.445. The molecular formula is C26H26FNO3S. The van der Waals surface area contributed by atoms with Gasteiger partial charge in [-0.15, -0.1) is 11.8 Å². The summed E-state index contributed by atoms with van der Waals surface area (Å²) in [5.41, 5.74) is 3.31. The van der Waals surface area contributed by atoms with Gasteiger partial charge in [0.2, 0.25) is 5.91 Å². The molecule has 0 aromatic heterocycles. The molecule has 3 aromatic carbocycles. The van der Waals surface area contributed by atoms with Gasteiger partial charge in [-0.05, 0) is 59.5 Å². The number of ether oxygens (including phenoxy) is 2. The maximum absolute atomic E-state index is 13.3. The smallest absolute Gasteiger partial charge is 0.224 e. The molecule has 0 radical (unpaired) electrons. The van der Waals surface area contributed by atoms with Crippen molar-refractivity contribution in [2.75, 3.05) is 26.5 Å². The van der Waals surface area contributed by atoms with Crippen molar-refractivity contribution >= 4 is 17.7 Å². The topological polar surface area (TPSA) is 38.8 Å². The van der Waals surface area contributed by atoms with Gasteiger partial charge in [0.05, 0.1) is 20.3 Å². The Balaban J connectivity index is 1.58. The average molecular weight is 452 g/mol. The lowest BCUT2D eigenvalue weighted by molar-refractivity contribution is -0.132. The van der Waals surface area contributed by atoms with Crippen molar-refractivity contribution in [2.24, 2.45) is 0 Å². The van der Waals surface area contributed by atoms with Gasteiger partial charge in [-0.1, -0.05) is 30.3 Å². The van der Waals surface area contributed by atoms with E-state index in [4.69, 9.17) is 9.47 Å². The molecule has 0 N–H and O–H groups in total. The summed E-state index contributed by atoms with van der Waals surface area (Å²) < 4.78 is 24.2. The Labute approximate surface area is 192 Å². The van der Waals surface area contributed by atoms with Crippen molar-refractivity contribution in [1.29, 1.82) is 0 Å². The molecule has 1 heterocycles. The molecule has 0 saturated carbocycles. The molecule has 1 aliphatic heterocycles. The molecule has 3 aromatic rings. The van der Waals surface area contributed by atoms with Crippen LogP contribution in [0.1, 0.15) is 29.2 Å². The highest BCUT2D eigenvalue weighted by Gasteiger charge is 2.33. The second-order valence-corrected chi connectivity index (χ2v) is 8.78. The SMILES string of the molecule is COc1cc2c(cc1OC)C(c1ccccc1)N(C(=O)CCSc1ccc(F)cc1)CC2. The van der Waals surface area contributed by atoms with Crippen LogP contribution in [0.3, 0.4) is 0 Å². The minimum atomic E-state index is -0.254. The molecule has 1 aliphatic rings. The summed E-state index contributed by atoms with van der Waals surface area (Å²) in [7, 11) is 3.26. The lowest BCUT2D eigenvalue weighted by Crippen LogP contribution is -2.40. The molecule has 0 fully saturated rings. The zero-order chi connectivity index (χ0) is 22.5. The maximum atomic E-state index is 13.3. The van der Waals surface area contributed by atoms with Gasteiger partial charge in [0.15, 0.2) is 11.5 Å². The Bertz CT molecular complexity index is 1070. The van der Waals surface area contributed by atoms with E-state index in [2.05, 4.69) is 12.1 Å². The number of benzene rings is 3. The predicted molar refractivity (Wildman–Crippen MR) is 125 cm³/mol. The molecule has 4 nitrogen and oxygen atoms in total. The van der Waals surface area contributed by atoms with E-state index in [0.29, 0.717) is 30.2 Å². The molecule has 0 spiro atoms. The van der Waals surface area contributed by atoms with E-state index in [-0.39, 0.29) is 17.8 Å². The zero-order valence-corrected chi connectivity index (χ0v) is 19.0. The number of thioether (sulfide) groups is 1. The number of hydrogen-bond acceptors (Lipinski definition) is 4. The van der Waals surface area contributed by atoms with Crippen LogP contribution in [0.4, 0.5) is 4.39 Å². The first kappa shape index (κ1) is 22.2. The minimum absolute atomic E-state index is 0.105. The van der Waals surface area contributed by atoms with E-state index >= 15 is 0 Å². The molecule has 1 unspecified atom stereocenters. The fraction of sp³-hybridized carbons (Fsp3) is 0.269. The van der Waals surface area contributed by atoms with Gasteiger partial charge in [0.1, 0.15) is 5.82 Å². The Morgan fingerprint density at radius 2 is 1.72 bits per heavy atom. The van der Waals surface area contributed by atoms with Gasteiger partial charge >= 0.3 is 0 Å². The number of carbonyl (C=O) groups is 1. The third-order valence-electron chi connectivity index (χ3n) is 5.71. The number of halogens is 1. The molecule has 1 amide bonds. The van der Waals surface area contributed by atoms with Gasteiger partial charge in [0.25, 0.3) is 0 Å². The Morgan fingerprint density at radius 1 is 1.03 bits per heavy atom. The molecule has 32 heavy (non-hydrogen) atoms. The number of amides is 1. The predicted octanol–water partition coefficient (Wildman–Crippen LogP) is 5.50. The fourth-order valence-electron chi connectivity index (χ4n) is 4.14. The number of hydrogen-bond donors (Lipinski definition) is 0. The maximum Gasteiger partial charge on any atom is 0.224 e. The van der Waals surface area contributed by atoms with Crippen molar-refractivity contribution in [2.45, 2.75) is 23.8 Å². The number of rotatable bonds is 7. The van der Waals surface area contributed by atoms with Crippen LogP contribution in [-0.4, -0.2) is 37.3 Å². The van der Waals surface area contributed by atoms with E-state index in [1.807, 2.05) is 35.2 Å². The molecule has 166 valence electrons. The summed E-state index contributed by atoms with van der Waals surface area (Å²) in [6, 6.07) is 20.3. The molecule has 0 aliphatic carbocycles. The summed E-state index contributed by atoms with van der Waals surface area (Å²) in [5.74, 6) is 1.85. The first-order valence-corrected chi connectivity index (χ1v) is 11.6. The van der Waals surface area contributed by atoms with Crippen molar-refractivity contribution in [3.63, 3.8) is 0 Å². The van der Waals surface area contributed by atoms with E-state index in [0.717, 1.165) is 22.4 Å². The number of carbonyl (C=O) groups excluding carboxylic acids is 1. The minimum Gasteiger partial charge on any atom is -0.493 e. The number of methoxy groups -OCH3 is 2. The van der Waals surface area contributed by atoms with E-state index in [1.54, 1.807) is 38.1 Å². The van der Waals surface area contributed by atoms with Crippen molar-refractivity contribution < 1.29 is 18.7 Å². The normalized spacial score (nSPS) is 15.2. The third-order valence-corrected chi connectivity index (χ3v) is 6.72. The highest BCUT2D eigenvalue weighted by molar-refractivity contribution is 7.99. The van der Waals surface area contributed by atoms with Crippen molar-refractivity contribution in [1.82, 2.24) is 4.90 Å². The second-order valence-electron chi connectivity index (χ2n) is 7.61. The van der Waals surface area contributed by atoms with E-state index in [9.17, 15) is 9.18 Å². The standard InChI is InChI=1S/C26H26FNO3S/c1-30-23-16-19-12-14-28(25(29)13-15-32-21-10-8-20(27)9-11-21)26(18-6-4-3-5-7-18)22(19)17-24(23)31-2/h3-11,16-17,26H,12-15H2,1-2H3. The summed E-state index contributed by atoms with van der Waals surface area (Å²) in [6.45, 7) is 0.641. The van der Waals surface area contributed by atoms with Crippen LogP contribution in [0, 0.1) is 5.82 Å². The fourth-order valence-corrected chi connectivity index (χ4v) is 4.98. The average Bonchev–Trinajstić information content (AvgIpc) is 2.84. The van der Waals surface area contributed by atoms with Crippen LogP contribution >= 0.6 is 11.8 Å². The second kappa shape index (κ2) is 10.1. The van der Waals surface area contributed by atoms with Gasteiger partial charge in [-0.25, -0.2) is 4.39 Å². The Morgan fingerprint density at radius 3 is 2.41 bits per heavy atom. The summed E-state index contributed by atoms with van der Waals surface area (Å²) in [6.07, 6.45) is 1.17. The largest absolute Gasteiger partial charge is 0.493 e. The molecule has 4 rings (SSSR count). The van der Waals surface area contributed by atoms with Crippen LogP contribution in [0.25, 0.3) is 0 Å². The zero-order valence-electron chi connectivity index (χ0n) is 18.2. The number of fused-ring (bicyclic) bond motifs is 1. The molecule has 6 heteroatoms. The monoisotopic (exact) mass is 451 g/mol. The third kappa shape index (κ3) is 4.75. The molecule has 0 bridgehead atoms. The lowest BCUT2D eigenvalue weighted by Gasteiger charge is -2.38. The summed E-state index contributed by atoms with van der Waals surface area (Å²) in [4.78, 5) is 16.2. The molecule has 0 saturated heterocycles. The van der Waals surface area contributed by atoms with Gasteiger partial charge < -0.3 is 14.4 Å². The van der Waals surface area contributed by atoms with Crippen molar-refractivity contribution in [3.8, 4) is 11.5 Å². The van der Waals surface area contributed by atoms with Crippen LogP contribution in [0.2, 0.25) is 0 Å². The van der Waals surface area contributed by atoms with Crippen LogP contribution < -0.4 is 9.47 Å². The first-order chi connectivity index (χ1) is 15.6. The van der Waals surface area contributed by atoms with Gasteiger partial charge in [-0.3, -0.25) is 4.79 Å². The summed E-state index contributed by atoms with van der Waals surface area (Å²) in [5, 5.41) is 0. The van der Waals surface area contributed by atoms with Crippen LogP contribution in [0.5, 0.6) is 11.5 Å². The van der Waals surface area contributed by atoms with E-state index in [1.165, 1.54) is 17.7 Å². The van der Waals surface area contributed by atoms with Crippen LogP contribution in [-0.2, 0) is 11.2 Å².